The van der Waals surface area contributed by atoms with Crippen molar-refractivity contribution in [3.8, 4) is 39.9 Å². The maximum Gasteiger partial charge on any atom is 0.407 e. The zero-order valence-corrected chi connectivity index (χ0v) is 32.8. The molecular weight excluding hydrogens is 744 g/mol. The molecule has 0 fully saturated rings. The molecule has 0 radical (unpaired) electrons. The summed E-state index contributed by atoms with van der Waals surface area (Å²) in [5.74, 6) is 1.37. The Hall–Kier alpha value is -6.73. The van der Waals surface area contributed by atoms with E-state index in [1.807, 2.05) is 30.3 Å². The molecule has 6 rings (SSSR count). The second kappa shape index (κ2) is 19.9. The average Bonchev–Trinajstić information content (AvgIpc) is 3.58. The van der Waals surface area contributed by atoms with E-state index in [1.54, 1.807) is 75.9 Å². The van der Waals surface area contributed by atoms with Gasteiger partial charge in [-0.15, -0.1) is 0 Å². The molecule has 1 aliphatic carbocycles. The molecule has 302 valence electrons. The highest BCUT2D eigenvalue weighted by atomic mass is 16.6. The molecule has 0 heterocycles. The second-order valence-corrected chi connectivity index (χ2v) is 13.1. The molecular formula is C45H46N2O11. The quantitative estimate of drug-likeness (QED) is 0.0688. The molecule has 2 amide bonds. The lowest BCUT2D eigenvalue weighted by atomic mass is 9.97. The Kier molecular flexibility index (Phi) is 14.1. The van der Waals surface area contributed by atoms with E-state index in [4.69, 9.17) is 37.9 Å². The molecule has 0 saturated carbocycles. The van der Waals surface area contributed by atoms with Crippen molar-refractivity contribution in [2.75, 3.05) is 61.4 Å². The summed E-state index contributed by atoms with van der Waals surface area (Å²) in [6.07, 6.45) is -0.604. The van der Waals surface area contributed by atoms with Gasteiger partial charge in [0.15, 0.2) is 13.2 Å². The van der Waals surface area contributed by atoms with Crippen LogP contribution in [-0.2, 0) is 30.4 Å². The molecule has 1 aliphatic rings. The largest absolute Gasteiger partial charge is 0.497 e. The highest BCUT2D eigenvalue weighted by Crippen LogP contribution is 2.44. The highest BCUT2D eigenvalue weighted by Gasteiger charge is 2.30. The van der Waals surface area contributed by atoms with Gasteiger partial charge in [-0.3, -0.25) is 4.79 Å². The number of esters is 1. The van der Waals surface area contributed by atoms with Gasteiger partial charge in [0.1, 0.15) is 42.0 Å². The summed E-state index contributed by atoms with van der Waals surface area (Å²) in [7, 11) is 6.15. The van der Waals surface area contributed by atoms with E-state index >= 15 is 0 Å². The van der Waals surface area contributed by atoms with Gasteiger partial charge in [0.2, 0.25) is 0 Å². The van der Waals surface area contributed by atoms with Crippen LogP contribution in [0.4, 0.5) is 4.79 Å². The summed E-state index contributed by atoms with van der Waals surface area (Å²) in [4.78, 5) is 38.2. The fourth-order valence-electron chi connectivity index (χ4n) is 6.68. The second-order valence-electron chi connectivity index (χ2n) is 13.1. The van der Waals surface area contributed by atoms with Crippen LogP contribution in [0.15, 0.2) is 109 Å². The van der Waals surface area contributed by atoms with Crippen LogP contribution < -0.4 is 34.3 Å². The average molecular weight is 791 g/mol. The van der Waals surface area contributed by atoms with Crippen molar-refractivity contribution in [1.29, 1.82) is 0 Å². The molecule has 0 aliphatic heterocycles. The number of amides is 2. The Bertz CT molecular complexity index is 2140. The van der Waals surface area contributed by atoms with Gasteiger partial charge in [0.25, 0.3) is 5.91 Å². The predicted molar refractivity (Wildman–Crippen MR) is 215 cm³/mol. The molecule has 2 N–H and O–H groups in total. The Labute approximate surface area is 337 Å². The maximum atomic E-state index is 13.6. The summed E-state index contributed by atoms with van der Waals surface area (Å²) in [6, 6.07) is 32.9. The minimum absolute atomic E-state index is 0.0744. The minimum Gasteiger partial charge on any atom is -0.497 e. The van der Waals surface area contributed by atoms with E-state index in [1.165, 1.54) is 7.11 Å². The molecule has 0 spiro atoms. The summed E-state index contributed by atoms with van der Waals surface area (Å²) < 4.78 is 44.1. The number of fused-ring (bicyclic) bond motifs is 3. The van der Waals surface area contributed by atoms with Crippen molar-refractivity contribution in [2.24, 2.45) is 0 Å². The maximum absolute atomic E-state index is 13.6. The third kappa shape index (κ3) is 10.2. The number of methoxy groups -OCH3 is 4. The smallest absolute Gasteiger partial charge is 0.407 e. The first-order valence-corrected chi connectivity index (χ1v) is 18.6. The zero-order chi connectivity index (χ0) is 40.9. The molecule has 1 atom stereocenters. The number of carbonyl (C=O) groups is 3. The minimum atomic E-state index is -0.680. The number of alkyl carbamates (subject to hydrolysis) is 1. The molecule has 5 aromatic rings. The molecule has 13 nitrogen and oxygen atoms in total. The van der Waals surface area contributed by atoms with Crippen LogP contribution in [0.2, 0.25) is 0 Å². The molecule has 58 heavy (non-hydrogen) atoms. The first-order chi connectivity index (χ1) is 28.3. The van der Waals surface area contributed by atoms with Gasteiger partial charge in [-0.25, -0.2) is 9.59 Å². The Balaban J connectivity index is 1.07. The Morgan fingerprint density at radius 3 is 1.97 bits per heavy atom. The molecule has 0 saturated heterocycles. The zero-order valence-electron chi connectivity index (χ0n) is 32.8. The summed E-state index contributed by atoms with van der Waals surface area (Å²) in [6.45, 7) is 0.328. The first kappa shape index (κ1) is 40.9. The molecule has 5 aromatic carbocycles. The monoisotopic (exact) mass is 790 g/mol. The van der Waals surface area contributed by atoms with E-state index in [-0.39, 0.29) is 38.3 Å². The first-order valence-electron chi connectivity index (χ1n) is 18.6. The van der Waals surface area contributed by atoms with E-state index in [0.29, 0.717) is 58.6 Å². The number of carbonyl (C=O) groups excluding carboxylic acids is 3. The normalized spacial score (nSPS) is 12.0. The van der Waals surface area contributed by atoms with Gasteiger partial charge in [-0.05, 0) is 64.2 Å². The standard InChI is InChI=1S/C45H46N2O11/c1-51-22-21-46-42(48)27-55-33-18-15-30(40(24-33)53-3)25-57-43(49)28-56-31-16-13-29(14-17-31)44(38-20-19-32(52-2)23-41(38)54-4)47-45(50)58-26-39-36-11-7-5-9-34(36)35-10-6-8-12-37(35)39/h5-20,23-24,39,44H,21-22,25-28H2,1-4H3,(H,46,48)(H,47,50). The van der Waals surface area contributed by atoms with E-state index in [2.05, 4.69) is 34.9 Å². The van der Waals surface area contributed by atoms with Crippen molar-refractivity contribution in [3.05, 3.63) is 137 Å². The Morgan fingerprint density at radius 1 is 0.655 bits per heavy atom. The van der Waals surface area contributed by atoms with E-state index in [0.717, 1.165) is 22.3 Å². The van der Waals surface area contributed by atoms with Crippen molar-refractivity contribution in [2.45, 2.75) is 18.6 Å². The molecule has 0 bridgehead atoms. The lowest BCUT2D eigenvalue weighted by Gasteiger charge is -2.23. The SMILES string of the molecule is COCCNC(=O)COc1ccc(COC(=O)COc2ccc(C(NC(=O)OCC3c4ccccc4-c4ccccc43)c3ccc(OC)cc3OC)cc2)c(OC)c1. The van der Waals surface area contributed by atoms with E-state index in [9.17, 15) is 14.4 Å². The number of ether oxygens (including phenoxy) is 8. The third-order valence-corrected chi connectivity index (χ3v) is 9.57. The summed E-state index contributed by atoms with van der Waals surface area (Å²) in [5, 5.41) is 5.71. The van der Waals surface area contributed by atoms with Crippen LogP contribution in [0.3, 0.4) is 0 Å². The number of hydrogen-bond donors (Lipinski definition) is 2. The van der Waals surface area contributed by atoms with Crippen LogP contribution in [0.1, 0.15) is 39.8 Å². The lowest BCUT2D eigenvalue weighted by molar-refractivity contribution is -0.147. The fraction of sp³-hybridized carbons (Fsp3) is 0.267. The van der Waals surface area contributed by atoms with Crippen LogP contribution in [0.5, 0.6) is 28.7 Å². The van der Waals surface area contributed by atoms with E-state index < -0.39 is 18.1 Å². The van der Waals surface area contributed by atoms with Crippen LogP contribution >= 0.6 is 0 Å². The van der Waals surface area contributed by atoms with Gasteiger partial charge < -0.3 is 48.5 Å². The molecule has 1 unspecified atom stereocenters. The number of nitrogens with one attached hydrogen (secondary N) is 2. The van der Waals surface area contributed by atoms with Gasteiger partial charge in [-0.1, -0.05) is 60.7 Å². The van der Waals surface area contributed by atoms with Crippen molar-refractivity contribution < 1.29 is 52.3 Å². The van der Waals surface area contributed by atoms with Crippen LogP contribution in [0, 0.1) is 0 Å². The van der Waals surface area contributed by atoms with Crippen molar-refractivity contribution in [3.63, 3.8) is 0 Å². The van der Waals surface area contributed by atoms with Crippen molar-refractivity contribution >= 4 is 18.0 Å². The highest BCUT2D eigenvalue weighted by molar-refractivity contribution is 5.79. The summed E-state index contributed by atoms with van der Waals surface area (Å²) >= 11 is 0. The van der Waals surface area contributed by atoms with Gasteiger partial charge >= 0.3 is 12.1 Å². The van der Waals surface area contributed by atoms with Gasteiger partial charge in [0.05, 0.1) is 34.0 Å². The van der Waals surface area contributed by atoms with Crippen molar-refractivity contribution in [1.82, 2.24) is 10.6 Å². The fourth-order valence-corrected chi connectivity index (χ4v) is 6.68. The topological polar surface area (TPSA) is 149 Å². The summed E-state index contributed by atoms with van der Waals surface area (Å²) in [5.41, 5.74) is 6.48. The van der Waals surface area contributed by atoms with Gasteiger partial charge in [0, 0.05) is 42.8 Å². The number of benzene rings is 5. The molecule has 0 aromatic heterocycles. The van der Waals surface area contributed by atoms with Crippen LogP contribution in [0.25, 0.3) is 11.1 Å². The lowest BCUT2D eigenvalue weighted by Crippen LogP contribution is -2.31. The molecule has 13 heteroatoms. The number of rotatable bonds is 19. The number of hydrogen-bond acceptors (Lipinski definition) is 11. The van der Waals surface area contributed by atoms with Gasteiger partial charge in [-0.2, -0.15) is 0 Å². The Morgan fingerprint density at radius 2 is 1.29 bits per heavy atom. The van der Waals surface area contributed by atoms with Crippen LogP contribution in [-0.4, -0.2) is 79.4 Å². The third-order valence-electron chi connectivity index (χ3n) is 9.57. The predicted octanol–water partition coefficient (Wildman–Crippen LogP) is 6.60.